The van der Waals surface area contributed by atoms with Crippen LogP contribution in [0.25, 0.3) is 0 Å². The van der Waals surface area contributed by atoms with Gasteiger partial charge in [-0.2, -0.15) is 0 Å². The third kappa shape index (κ3) is 4.18. The molecule has 0 bridgehead atoms. The number of amides is 2. The number of fused-ring (bicyclic) bond motifs is 3. The molecule has 0 aliphatic carbocycles. The molecule has 0 saturated carbocycles. The van der Waals surface area contributed by atoms with Crippen LogP contribution in [-0.4, -0.2) is 35.0 Å². The summed E-state index contributed by atoms with van der Waals surface area (Å²) in [6.07, 6.45) is 4.10. The van der Waals surface area contributed by atoms with Gasteiger partial charge < -0.3 is 4.90 Å². The standard InChI is InChI=1S/C30H26ClN3O2S/c1-18(2)19-8-12-22(13-9-19)33-24-16-17-25(37-23-14-10-20(31)11-15-23)32-27(24)26-28(33)30(36)34(29(26)35)21-6-4-3-5-7-21/h3-18,24,26-28H,1-2H3/t24-,26-,27+,28+/m1/s1. The second-order valence-corrected chi connectivity index (χ2v) is 11.4. The summed E-state index contributed by atoms with van der Waals surface area (Å²) in [4.78, 5) is 37.2. The number of carbonyl (C=O) groups is 2. The average Bonchev–Trinajstić information content (AvgIpc) is 3.38. The average molecular weight is 528 g/mol. The number of dihydropyridines is 1. The smallest absolute Gasteiger partial charge is 0.257 e. The number of carbonyl (C=O) groups excluding carboxylic acids is 2. The minimum atomic E-state index is -0.610. The predicted octanol–water partition coefficient (Wildman–Crippen LogP) is 6.34. The SMILES string of the molecule is CC(C)c1ccc(N2[C@@H]3C=CC(Sc4ccc(Cl)cc4)=N[C@@H]3[C@H]3C(=O)N(c4ccccc4)C(=O)[C@H]32)cc1. The molecule has 3 aliphatic rings. The first-order valence-electron chi connectivity index (χ1n) is 12.4. The van der Waals surface area contributed by atoms with E-state index in [0.29, 0.717) is 16.6 Å². The summed E-state index contributed by atoms with van der Waals surface area (Å²) in [5, 5.41) is 1.50. The Morgan fingerprint density at radius 1 is 0.865 bits per heavy atom. The lowest BCUT2D eigenvalue weighted by Crippen LogP contribution is -2.46. The van der Waals surface area contributed by atoms with E-state index < -0.39 is 12.0 Å². The van der Waals surface area contributed by atoms with Crippen molar-refractivity contribution >= 4 is 51.6 Å². The minimum Gasteiger partial charge on any atom is -0.350 e. The highest BCUT2D eigenvalue weighted by atomic mass is 35.5. The number of nitrogens with zero attached hydrogens (tertiary/aromatic N) is 3. The van der Waals surface area contributed by atoms with E-state index in [2.05, 4.69) is 49.1 Å². The second-order valence-electron chi connectivity index (χ2n) is 9.84. The van der Waals surface area contributed by atoms with Gasteiger partial charge in [0.15, 0.2) is 0 Å². The van der Waals surface area contributed by atoms with Crippen LogP contribution < -0.4 is 9.80 Å². The van der Waals surface area contributed by atoms with Crippen LogP contribution in [0.5, 0.6) is 0 Å². The van der Waals surface area contributed by atoms with E-state index in [0.717, 1.165) is 15.6 Å². The zero-order chi connectivity index (χ0) is 25.7. The first-order chi connectivity index (χ1) is 17.9. The molecule has 3 aromatic carbocycles. The molecule has 186 valence electrons. The van der Waals surface area contributed by atoms with Crippen molar-refractivity contribution in [3.63, 3.8) is 0 Å². The summed E-state index contributed by atoms with van der Waals surface area (Å²) >= 11 is 7.58. The van der Waals surface area contributed by atoms with Crippen LogP contribution >= 0.6 is 23.4 Å². The Balaban J connectivity index is 1.40. The lowest BCUT2D eigenvalue weighted by molar-refractivity contribution is -0.122. The van der Waals surface area contributed by atoms with E-state index in [1.54, 1.807) is 0 Å². The summed E-state index contributed by atoms with van der Waals surface area (Å²) in [6, 6.07) is 24.0. The summed E-state index contributed by atoms with van der Waals surface area (Å²) in [6.45, 7) is 4.32. The number of imide groups is 1. The predicted molar refractivity (Wildman–Crippen MR) is 151 cm³/mol. The third-order valence-electron chi connectivity index (χ3n) is 7.28. The Morgan fingerprint density at radius 2 is 1.57 bits per heavy atom. The van der Waals surface area contributed by atoms with Gasteiger partial charge in [-0.1, -0.05) is 73.6 Å². The van der Waals surface area contributed by atoms with E-state index in [1.807, 2.05) is 60.7 Å². The van der Waals surface area contributed by atoms with Crippen LogP contribution in [0, 0.1) is 5.92 Å². The number of aliphatic imine (C=N–C) groups is 1. The van der Waals surface area contributed by atoms with Crippen molar-refractivity contribution in [3.8, 4) is 0 Å². The number of anilines is 2. The number of halogens is 1. The number of benzene rings is 3. The van der Waals surface area contributed by atoms with Crippen LogP contribution in [-0.2, 0) is 9.59 Å². The lowest BCUT2D eigenvalue weighted by Gasteiger charge is -2.32. The van der Waals surface area contributed by atoms with Crippen molar-refractivity contribution in [1.82, 2.24) is 0 Å². The molecule has 2 fully saturated rings. The Hall–Kier alpha value is -3.35. The zero-order valence-corrected chi connectivity index (χ0v) is 22.1. The van der Waals surface area contributed by atoms with Crippen molar-refractivity contribution in [1.29, 1.82) is 0 Å². The molecule has 3 heterocycles. The molecule has 0 radical (unpaired) electrons. The van der Waals surface area contributed by atoms with Crippen molar-refractivity contribution in [2.75, 3.05) is 9.80 Å². The maximum atomic E-state index is 13.9. The van der Waals surface area contributed by atoms with Gasteiger partial charge in [-0.25, -0.2) is 4.90 Å². The van der Waals surface area contributed by atoms with Gasteiger partial charge in [0.25, 0.3) is 5.91 Å². The Labute approximate surface area is 225 Å². The molecule has 37 heavy (non-hydrogen) atoms. The molecule has 2 amide bonds. The van der Waals surface area contributed by atoms with E-state index in [1.165, 1.54) is 22.2 Å². The van der Waals surface area contributed by atoms with Gasteiger partial charge in [0.05, 0.1) is 28.7 Å². The molecule has 2 saturated heterocycles. The van der Waals surface area contributed by atoms with E-state index in [9.17, 15) is 9.59 Å². The third-order valence-corrected chi connectivity index (χ3v) is 8.49. The molecule has 0 N–H and O–H groups in total. The van der Waals surface area contributed by atoms with Gasteiger partial charge in [0, 0.05) is 15.6 Å². The normalized spacial score (nSPS) is 24.5. The Morgan fingerprint density at radius 3 is 2.24 bits per heavy atom. The molecule has 0 unspecified atom stereocenters. The Kier molecular flexibility index (Phi) is 6.17. The fraction of sp³-hybridized carbons (Fsp3) is 0.233. The van der Waals surface area contributed by atoms with E-state index in [4.69, 9.17) is 16.6 Å². The quantitative estimate of drug-likeness (QED) is 0.371. The van der Waals surface area contributed by atoms with E-state index >= 15 is 0 Å². The molecule has 0 spiro atoms. The monoisotopic (exact) mass is 527 g/mol. The second kappa shape index (κ2) is 9.51. The molecule has 3 aliphatic heterocycles. The van der Waals surface area contributed by atoms with Gasteiger partial charge in [0.1, 0.15) is 6.04 Å². The van der Waals surface area contributed by atoms with Gasteiger partial charge in [-0.15, -0.1) is 0 Å². The van der Waals surface area contributed by atoms with Gasteiger partial charge in [0.2, 0.25) is 5.91 Å². The number of thioether (sulfide) groups is 1. The van der Waals surface area contributed by atoms with Crippen molar-refractivity contribution in [2.45, 2.75) is 42.8 Å². The van der Waals surface area contributed by atoms with E-state index in [-0.39, 0.29) is 23.9 Å². The maximum absolute atomic E-state index is 13.9. The topological polar surface area (TPSA) is 53.0 Å². The van der Waals surface area contributed by atoms with Gasteiger partial charge >= 0.3 is 0 Å². The summed E-state index contributed by atoms with van der Waals surface area (Å²) in [5.41, 5.74) is 2.76. The van der Waals surface area contributed by atoms with Crippen LogP contribution in [0.4, 0.5) is 11.4 Å². The number of rotatable bonds is 4. The van der Waals surface area contributed by atoms with Gasteiger partial charge in [-0.3, -0.25) is 14.6 Å². The largest absolute Gasteiger partial charge is 0.350 e. The number of hydrogen-bond donors (Lipinski definition) is 0. The summed E-state index contributed by atoms with van der Waals surface area (Å²) < 4.78 is 0. The minimum absolute atomic E-state index is 0.180. The van der Waals surface area contributed by atoms with Crippen LogP contribution in [0.3, 0.4) is 0 Å². The Bertz CT molecular complexity index is 1400. The molecular weight excluding hydrogens is 502 g/mol. The molecule has 7 heteroatoms. The molecule has 3 aromatic rings. The maximum Gasteiger partial charge on any atom is 0.257 e. The molecular formula is C30H26ClN3O2S. The number of hydrogen-bond acceptors (Lipinski definition) is 5. The first-order valence-corrected chi connectivity index (χ1v) is 13.6. The summed E-state index contributed by atoms with van der Waals surface area (Å²) in [7, 11) is 0. The fourth-order valence-corrected chi connectivity index (χ4v) is 6.44. The van der Waals surface area contributed by atoms with Gasteiger partial charge in [-0.05, 0) is 66.1 Å². The highest BCUT2D eigenvalue weighted by Gasteiger charge is 2.62. The molecule has 6 rings (SSSR count). The van der Waals surface area contributed by atoms with Crippen LogP contribution in [0.2, 0.25) is 5.02 Å². The first kappa shape index (κ1) is 24.0. The van der Waals surface area contributed by atoms with Crippen molar-refractivity contribution < 1.29 is 9.59 Å². The lowest BCUT2D eigenvalue weighted by atomic mass is 9.94. The molecule has 5 nitrogen and oxygen atoms in total. The highest BCUT2D eigenvalue weighted by Crippen LogP contribution is 2.45. The molecule has 4 atom stereocenters. The van der Waals surface area contributed by atoms with Crippen molar-refractivity contribution in [3.05, 3.63) is 102 Å². The zero-order valence-electron chi connectivity index (χ0n) is 20.5. The number of para-hydroxylation sites is 1. The van der Waals surface area contributed by atoms with Crippen LogP contribution in [0.1, 0.15) is 25.3 Å². The summed E-state index contributed by atoms with van der Waals surface area (Å²) in [5.74, 6) is -0.539. The van der Waals surface area contributed by atoms with Crippen LogP contribution in [0.15, 0.2) is 101 Å². The molecule has 0 aromatic heterocycles. The highest BCUT2D eigenvalue weighted by molar-refractivity contribution is 8.14. The fourth-order valence-electron chi connectivity index (χ4n) is 5.48. The van der Waals surface area contributed by atoms with Crippen molar-refractivity contribution in [2.24, 2.45) is 10.9 Å².